The number of carbonyl (C=O) groups excluding carboxylic acids is 1. The molecule has 0 saturated heterocycles. The van der Waals surface area contributed by atoms with Gasteiger partial charge in [-0.3, -0.25) is 4.79 Å². The van der Waals surface area contributed by atoms with E-state index >= 15 is 0 Å². The molecule has 0 aromatic rings. The molecule has 0 radical (unpaired) electrons. The zero-order valence-electron chi connectivity index (χ0n) is 10.6. The molecule has 0 aliphatic carbocycles. The van der Waals surface area contributed by atoms with E-state index in [-0.39, 0.29) is 5.97 Å². The molecule has 0 spiro atoms. The molecule has 0 bridgehead atoms. The largest absolute Gasteiger partial charge is 0.465 e. The van der Waals surface area contributed by atoms with Crippen LogP contribution < -0.4 is 5.73 Å². The number of esters is 1. The van der Waals surface area contributed by atoms with Gasteiger partial charge in [0.15, 0.2) is 0 Å². The Morgan fingerprint density at radius 3 is 2.29 bits per heavy atom. The average molecular weight is 249 g/mol. The molecule has 6 nitrogen and oxygen atoms in total. The Morgan fingerprint density at radius 1 is 1.12 bits per heavy atom. The van der Waals surface area contributed by atoms with Gasteiger partial charge in [-0.05, 0) is 13.3 Å². The number of methoxy groups -OCH3 is 1. The van der Waals surface area contributed by atoms with Crippen LogP contribution in [-0.4, -0.2) is 58.8 Å². The zero-order chi connectivity index (χ0) is 12.9. The van der Waals surface area contributed by atoms with Crippen LogP contribution in [0.3, 0.4) is 0 Å². The molecule has 6 heteroatoms. The maximum absolute atomic E-state index is 11.1. The Hall–Kier alpha value is -0.690. The minimum Gasteiger partial charge on any atom is -0.465 e. The molecule has 0 aliphatic heterocycles. The quantitative estimate of drug-likeness (QED) is 0.408. The summed E-state index contributed by atoms with van der Waals surface area (Å²) in [4.78, 5) is 11.1. The highest BCUT2D eigenvalue weighted by molar-refractivity contribution is 5.75. The number of carbonyl (C=O) groups is 1. The first-order valence-electron chi connectivity index (χ1n) is 5.79. The first-order chi connectivity index (χ1) is 8.22. The lowest BCUT2D eigenvalue weighted by Crippen LogP contribution is -2.33. The second-order valence-electron chi connectivity index (χ2n) is 3.36. The van der Waals surface area contributed by atoms with Crippen molar-refractivity contribution >= 4 is 5.97 Å². The van der Waals surface area contributed by atoms with Gasteiger partial charge in [0.05, 0.1) is 33.0 Å². The van der Waals surface area contributed by atoms with E-state index in [4.69, 9.17) is 24.7 Å². The van der Waals surface area contributed by atoms with Crippen molar-refractivity contribution in [3.8, 4) is 0 Å². The standard InChI is InChI=1S/C11H23NO5/c1-3-17-11(13)10(12)4-5-15-8-9-16-7-6-14-2/h10H,3-9,12H2,1-2H3. The molecule has 0 fully saturated rings. The summed E-state index contributed by atoms with van der Waals surface area (Å²) in [7, 11) is 1.62. The summed E-state index contributed by atoms with van der Waals surface area (Å²) in [6.45, 7) is 4.65. The Balaban J connectivity index is 3.24. The molecule has 0 aliphatic rings. The summed E-state index contributed by atoms with van der Waals surface area (Å²) in [5, 5.41) is 0. The second-order valence-corrected chi connectivity index (χ2v) is 3.36. The maximum Gasteiger partial charge on any atom is 0.322 e. The number of hydrogen-bond donors (Lipinski definition) is 1. The van der Waals surface area contributed by atoms with Gasteiger partial charge in [0.25, 0.3) is 0 Å². The SMILES string of the molecule is CCOC(=O)C(N)CCOCCOCCOC. The van der Waals surface area contributed by atoms with Gasteiger partial charge >= 0.3 is 5.97 Å². The van der Waals surface area contributed by atoms with Crippen LogP contribution in [0.1, 0.15) is 13.3 Å². The van der Waals surface area contributed by atoms with Crippen molar-refractivity contribution in [1.29, 1.82) is 0 Å². The van der Waals surface area contributed by atoms with Gasteiger partial charge in [0.2, 0.25) is 0 Å². The predicted octanol–water partition coefficient (Wildman–Crippen LogP) is -0.0535. The molecule has 0 saturated carbocycles. The highest BCUT2D eigenvalue weighted by Gasteiger charge is 2.13. The minimum absolute atomic E-state index is 0.348. The molecule has 0 amide bonds. The van der Waals surface area contributed by atoms with Crippen molar-refractivity contribution in [3.05, 3.63) is 0 Å². The van der Waals surface area contributed by atoms with Crippen molar-refractivity contribution in [2.75, 3.05) is 46.8 Å². The van der Waals surface area contributed by atoms with Crippen LogP contribution in [-0.2, 0) is 23.7 Å². The second kappa shape index (κ2) is 11.8. The highest BCUT2D eigenvalue weighted by atomic mass is 16.5. The molecular formula is C11H23NO5. The molecular weight excluding hydrogens is 226 g/mol. The van der Waals surface area contributed by atoms with Gasteiger partial charge in [-0.2, -0.15) is 0 Å². The Kier molecular flexibility index (Phi) is 11.3. The van der Waals surface area contributed by atoms with E-state index < -0.39 is 6.04 Å². The lowest BCUT2D eigenvalue weighted by atomic mass is 10.2. The third-order valence-electron chi connectivity index (χ3n) is 1.97. The summed E-state index contributed by atoms with van der Waals surface area (Å²) in [6.07, 6.45) is 0.455. The Morgan fingerprint density at radius 2 is 1.71 bits per heavy atom. The van der Waals surface area contributed by atoms with Crippen LogP contribution in [0, 0.1) is 0 Å². The third kappa shape index (κ3) is 10.2. The number of rotatable bonds is 11. The lowest BCUT2D eigenvalue weighted by Gasteiger charge is -2.10. The van der Waals surface area contributed by atoms with Gasteiger partial charge in [-0.15, -0.1) is 0 Å². The van der Waals surface area contributed by atoms with Gasteiger partial charge in [-0.25, -0.2) is 0 Å². The summed E-state index contributed by atoms with van der Waals surface area (Å²) in [5.74, 6) is -0.382. The molecule has 1 atom stereocenters. The normalized spacial score (nSPS) is 12.4. The first kappa shape index (κ1) is 16.3. The van der Waals surface area contributed by atoms with Crippen LogP contribution in [0.4, 0.5) is 0 Å². The molecule has 0 aromatic carbocycles. The molecule has 1 unspecified atom stereocenters. The number of nitrogens with two attached hydrogens (primary N) is 1. The summed E-state index contributed by atoms with van der Waals surface area (Å²) in [5.41, 5.74) is 5.58. The molecule has 17 heavy (non-hydrogen) atoms. The van der Waals surface area contributed by atoms with E-state index in [9.17, 15) is 4.79 Å². The van der Waals surface area contributed by atoms with E-state index in [1.54, 1.807) is 14.0 Å². The Bertz CT molecular complexity index is 189. The third-order valence-corrected chi connectivity index (χ3v) is 1.97. The number of ether oxygens (including phenoxy) is 4. The fourth-order valence-electron chi connectivity index (χ4n) is 1.04. The van der Waals surface area contributed by atoms with Crippen molar-refractivity contribution < 1.29 is 23.7 Å². The van der Waals surface area contributed by atoms with Gasteiger partial charge in [0, 0.05) is 13.7 Å². The van der Waals surface area contributed by atoms with E-state index in [0.717, 1.165) is 0 Å². The smallest absolute Gasteiger partial charge is 0.322 e. The monoisotopic (exact) mass is 249 g/mol. The number of hydrogen-bond acceptors (Lipinski definition) is 6. The van der Waals surface area contributed by atoms with Crippen molar-refractivity contribution in [2.24, 2.45) is 5.73 Å². The maximum atomic E-state index is 11.1. The van der Waals surface area contributed by atoms with Crippen LogP contribution >= 0.6 is 0 Å². The van der Waals surface area contributed by atoms with E-state index in [1.807, 2.05) is 0 Å². The summed E-state index contributed by atoms with van der Waals surface area (Å²) in [6, 6.07) is -0.607. The molecule has 0 heterocycles. The first-order valence-corrected chi connectivity index (χ1v) is 5.79. The van der Waals surface area contributed by atoms with Crippen LogP contribution in [0.25, 0.3) is 0 Å². The lowest BCUT2D eigenvalue weighted by molar-refractivity contribution is -0.145. The topological polar surface area (TPSA) is 80.0 Å². The summed E-state index contributed by atoms with van der Waals surface area (Å²) < 4.78 is 20.0. The fourth-order valence-corrected chi connectivity index (χ4v) is 1.04. The Labute approximate surface area is 102 Å². The molecule has 102 valence electrons. The molecule has 2 N–H and O–H groups in total. The van der Waals surface area contributed by atoms with Crippen molar-refractivity contribution in [2.45, 2.75) is 19.4 Å². The van der Waals surface area contributed by atoms with Gasteiger partial charge in [0.1, 0.15) is 6.04 Å². The van der Waals surface area contributed by atoms with E-state index in [1.165, 1.54) is 0 Å². The highest BCUT2D eigenvalue weighted by Crippen LogP contribution is 1.93. The van der Waals surface area contributed by atoms with Crippen LogP contribution in [0.5, 0.6) is 0 Å². The van der Waals surface area contributed by atoms with Crippen LogP contribution in [0.2, 0.25) is 0 Å². The van der Waals surface area contributed by atoms with Crippen molar-refractivity contribution in [1.82, 2.24) is 0 Å². The molecule has 0 rings (SSSR count). The van der Waals surface area contributed by atoms with Crippen LogP contribution in [0.15, 0.2) is 0 Å². The minimum atomic E-state index is -0.607. The van der Waals surface area contributed by atoms with Gasteiger partial charge < -0.3 is 24.7 Å². The van der Waals surface area contributed by atoms with E-state index in [2.05, 4.69) is 0 Å². The zero-order valence-corrected chi connectivity index (χ0v) is 10.6. The predicted molar refractivity (Wildman–Crippen MR) is 62.7 cm³/mol. The summed E-state index contributed by atoms with van der Waals surface area (Å²) >= 11 is 0. The van der Waals surface area contributed by atoms with E-state index in [0.29, 0.717) is 46.1 Å². The van der Waals surface area contributed by atoms with Crippen molar-refractivity contribution in [3.63, 3.8) is 0 Å². The molecule has 0 aromatic heterocycles. The van der Waals surface area contributed by atoms with Gasteiger partial charge in [-0.1, -0.05) is 0 Å². The fraction of sp³-hybridized carbons (Fsp3) is 0.909. The average Bonchev–Trinajstić information content (AvgIpc) is 2.32.